The van der Waals surface area contributed by atoms with Gasteiger partial charge in [0.25, 0.3) is 0 Å². The van der Waals surface area contributed by atoms with E-state index in [1.165, 1.54) is 0 Å². The first-order valence-corrected chi connectivity index (χ1v) is 12.6. The number of nitrogens with two attached hydrogens (primary N) is 1. The van der Waals surface area contributed by atoms with E-state index in [1.807, 2.05) is 53.2 Å². The average Bonchev–Trinajstić information content (AvgIpc) is 3.64. The van der Waals surface area contributed by atoms with E-state index in [0.29, 0.717) is 16.9 Å². The normalized spacial score (nSPS) is 15.5. The zero-order chi connectivity index (χ0) is 29.6. The highest BCUT2D eigenvalue weighted by atomic mass is 35.5. The molecule has 4 heterocycles. The molecule has 3 aromatic heterocycles. The Bertz CT molecular complexity index is 1430. The summed E-state index contributed by atoms with van der Waals surface area (Å²) in [6, 6.07) is 14.6. The van der Waals surface area contributed by atoms with Crippen LogP contribution >= 0.6 is 11.6 Å². The molecule has 0 saturated carbocycles. The van der Waals surface area contributed by atoms with Crippen molar-refractivity contribution >= 4 is 40.8 Å². The molecule has 1 aromatic carbocycles. The summed E-state index contributed by atoms with van der Waals surface area (Å²) >= 11 is 5.92. The van der Waals surface area contributed by atoms with Crippen LogP contribution < -0.4 is 5.73 Å². The number of pyridine rings is 1. The minimum absolute atomic E-state index is 0.0826. The first-order chi connectivity index (χ1) is 19.9. The molecule has 0 radical (unpaired) electrons. The number of fused-ring (bicyclic) bond motifs is 1. The van der Waals surface area contributed by atoms with Gasteiger partial charge in [-0.1, -0.05) is 36.4 Å². The van der Waals surface area contributed by atoms with E-state index in [4.69, 9.17) is 36.7 Å². The predicted molar refractivity (Wildman–Crippen MR) is 150 cm³/mol. The van der Waals surface area contributed by atoms with Gasteiger partial charge in [0.05, 0.1) is 11.5 Å². The third-order valence-corrected chi connectivity index (χ3v) is 5.81. The lowest BCUT2D eigenvalue weighted by Gasteiger charge is -2.16. The van der Waals surface area contributed by atoms with Gasteiger partial charge in [-0.3, -0.25) is 4.98 Å². The number of carbonyl (C=O) groups excluding carboxylic acids is 1. The van der Waals surface area contributed by atoms with Crippen LogP contribution in [-0.2, 0) is 32.2 Å². The van der Waals surface area contributed by atoms with E-state index in [2.05, 4.69) is 32.5 Å². The first-order valence-electron chi connectivity index (χ1n) is 12.3. The van der Waals surface area contributed by atoms with Crippen molar-refractivity contribution in [3.05, 3.63) is 83.5 Å². The lowest BCUT2D eigenvalue weighted by atomic mass is 10.2. The van der Waals surface area contributed by atoms with E-state index in [1.54, 1.807) is 18.5 Å². The van der Waals surface area contributed by atoms with Gasteiger partial charge in [-0.15, -0.1) is 12.8 Å². The van der Waals surface area contributed by atoms with E-state index < -0.39 is 12.3 Å². The van der Waals surface area contributed by atoms with Gasteiger partial charge in [-0.2, -0.15) is 4.98 Å². The number of halogens is 1. The molecule has 1 aliphatic rings. The fourth-order valence-corrected chi connectivity index (χ4v) is 3.99. The Kier molecular flexibility index (Phi) is 11.7. The zero-order valence-corrected chi connectivity index (χ0v) is 22.6. The molecule has 41 heavy (non-hydrogen) atoms. The Morgan fingerprint density at radius 3 is 2.46 bits per heavy atom. The lowest BCUT2D eigenvalue weighted by Crippen LogP contribution is -2.20. The minimum Gasteiger partial charge on any atom is -0.450 e. The number of hydrogen-bond acceptors (Lipinski definition) is 10. The second-order valence-electron chi connectivity index (χ2n) is 8.38. The van der Waals surface area contributed by atoms with Crippen molar-refractivity contribution in [2.24, 2.45) is 0 Å². The molecule has 0 amide bonds. The number of nitrogen functional groups attached to an aromatic ring is 1. The molecule has 1 aliphatic heterocycles. The first kappa shape index (κ1) is 30.7. The predicted octanol–water partition coefficient (Wildman–Crippen LogP) is 5.22. The third kappa shape index (κ3) is 9.38. The van der Waals surface area contributed by atoms with Crippen molar-refractivity contribution in [3.8, 4) is 12.8 Å². The maximum atomic E-state index is 11.8. The summed E-state index contributed by atoms with van der Waals surface area (Å²) in [5.41, 5.74) is 8.14. The molecule has 12 nitrogen and oxygen atoms in total. The number of carbonyl (C=O) groups is 2. The number of carboxylic acid groups (broad SMARTS) is 1. The van der Waals surface area contributed by atoms with Gasteiger partial charge < -0.3 is 34.4 Å². The molecule has 1 saturated heterocycles. The fourth-order valence-electron chi connectivity index (χ4n) is 3.82. The maximum Gasteiger partial charge on any atom is 0.508 e. The second kappa shape index (κ2) is 15.7. The largest absolute Gasteiger partial charge is 0.508 e. The summed E-state index contributed by atoms with van der Waals surface area (Å²) in [6.07, 6.45) is 12.1. The van der Waals surface area contributed by atoms with E-state index in [9.17, 15) is 9.59 Å². The van der Waals surface area contributed by atoms with Crippen LogP contribution in [0.15, 0.2) is 67.1 Å². The Morgan fingerprint density at radius 1 is 1.02 bits per heavy atom. The molecule has 0 bridgehead atoms. The molecule has 0 aliphatic carbocycles. The van der Waals surface area contributed by atoms with Crippen molar-refractivity contribution in [1.29, 1.82) is 0 Å². The van der Waals surface area contributed by atoms with Gasteiger partial charge in [-0.25, -0.2) is 14.6 Å². The monoisotopic (exact) mass is 581 g/mol. The zero-order valence-electron chi connectivity index (χ0n) is 21.8. The van der Waals surface area contributed by atoms with Crippen LogP contribution in [-0.4, -0.2) is 49.6 Å². The summed E-state index contributed by atoms with van der Waals surface area (Å²) in [5, 5.41) is 8.95. The van der Waals surface area contributed by atoms with Gasteiger partial charge in [0.15, 0.2) is 0 Å². The van der Waals surface area contributed by atoms with E-state index in [-0.39, 0.29) is 37.4 Å². The molecule has 214 valence electrons. The van der Waals surface area contributed by atoms with Crippen molar-refractivity contribution in [2.45, 2.75) is 38.4 Å². The highest BCUT2D eigenvalue weighted by Gasteiger charge is 2.29. The summed E-state index contributed by atoms with van der Waals surface area (Å²) in [4.78, 5) is 33.9. The summed E-state index contributed by atoms with van der Waals surface area (Å²) in [6.45, 7) is 0.341. The maximum absolute atomic E-state index is 11.8. The van der Waals surface area contributed by atoms with Crippen molar-refractivity contribution in [2.75, 3.05) is 12.3 Å². The standard InChI is InChI=1S/C18H18ClN5O4.C8H8O3.C2H2/c19-17-22-15(20)13-5-7-24(16(13)23-17)14-4-3-12(28-14)10-27-18(25)26-9-11-2-1-6-21-8-11;9-8(10)11-6-7-4-2-1-3-5-7;1-2/h1-2,5-8,12,14H,3-4,9-10H2,(H2,20,22,23);1-5H,6H2,(H,9,10);1-2H/t12-,14+;;/m0../s1. The molecule has 2 atom stereocenters. The number of hydrogen-bond donors (Lipinski definition) is 2. The Hall–Kier alpha value is -4.86. The molecule has 1 fully saturated rings. The Labute approximate surface area is 241 Å². The molecule has 4 aromatic rings. The van der Waals surface area contributed by atoms with Crippen LogP contribution in [0.1, 0.15) is 30.2 Å². The number of benzene rings is 1. The SMILES string of the molecule is C#C.Nc1nc(Cl)nc2c1ccn2[C@H]1CC[C@@H](COC(=O)OCc2cccnc2)O1.O=C(O)OCc1ccccc1. The topological polar surface area (TPSA) is 161 Å². The lowest BCUT2D eigenvalue weighted by molar-refractivity contribution is -0.0379. The summed E-state index contributed by atoms with van der Waals surface area (Å²) in [7, 11) is 0. The van der Waals surface area contributed by atoms with Crippen molar-refractivity contribution in [1.82, 2.24) is 19.5 Å². The Morgan fingerprint density at radius 2 is 1.76 bits per heavy atom. The average molecular weight is 582 g/mol. The second-order valence-corrected chi connectivity index (χ2v) is 8.72. The summed E-state index contributed by atoms with van der Waals surface area (Å²) in [5.74, 6) is 0.322. The van der Waals surface area contributed by atoms with Crippen molar-refractivity contribution < 1.29 is 33.6 Å². The van der Waals surface area contributed by atoms with E-state index in [0.717, 1.165) is 24.0 Å². The molecule has 0 unspecified atom stereocenters. The number of nitrogens with zero attached hydrogens (tertiary/aromatic N) is 4. The van der Waals surface area contributed by atoms with E-state index >= 15 is 0 Å². The van der Waals surface area contributed by atoms with Gasteiger partial charge in [0.2, 0.25) is 5.28 Å². The molecular formula is C28H28ClN5O7. The highest BCUT2D eigenvalue weighted by Crippen LogP contribution is 2.32. The molecule has 5 rings (SSSR count). The number of ether oxygens (including phenoxy) is 4. The fraction of sp³-hybridized carbons (Fsp3) is 0.250. The third-order valence-electron chi connectivity index (χ3n) is 5.64. The van der Waals surface area contributed by atoms with Crippen LogP contribution in [0, 0.1) is 12.8 Å². The molecule has 13 heteroatoms. The molecular weight excluding hydrogens is 554 g/mol. The smallest absolute Gasteiger partial charge is 0.450 e. The highest BCUT2D eigenvalue weighted by molar-refractivity contribution is 6.28. The number of rotatable bonds is 7. The van der Waals surface area contributed by atoms with Crippen LogP contribution in [0.4, 0.5) is 15.4 Å². The number of anilines is 1. The summed E-state index contributed by atoms with van der Waals surface area (Å²) < 4.78 is 22.4. The number of aromatic nitrogens is 4. The molecule has 0 spiro atoms. The minimum atomic E-state index is -1.24. The Balaban J connectivity index is 0.000000299. The van der Waals surface area contributed by atoms with Gasteiger partial charge in [0.1, 0.15) is 37.5 Å². The van der Waals surface area contributed by atoms with Crippen molar-refractivity contribution in [3.63, 3.8) is 0 Å². The van der Waals surface area contributed by atoms with Crippen LogP contribution in [0.2, 0.25) is 5.28 Å². The molecule has 3 N–H and O–H groups in total. The van der Waals surface area contributed by atoms with Crippen LogP contribution in [0.5, 0.6) is 0 Å². The van der Waals surface area contributed by atoms with Crippen LogP contribution in [0.3, 0.4) is 0 Å². The van der Waals surface area contributed by atoms with Crippen LogP contribution in [0.25, 0.3) is 11.0 Å². The quantitative estimate of drug-likeness (QED) is 0.167. The van der Waals surface area contributed by atoms with Gasteiger partial charge >= 0.3 is 12.3 Å². The van der Waals surface area contributed by atoms with Gasteiger partial charge in [0, 0.05) is 24.2 Å². The van der Waals surface area contributed by atoms with Gasteiger partial charge in [-0.05, 0) is 42.1 Å². The number of terminal acetylenes is 1.